The summed E-state index contributed by atoms with van der Waals surface area (Å²) in [6.45, 7) is 9.79. The van der Waals surface area contributed by atoms with E-state index in [-0.39, 0.29) is 11.5 Å². The van der Waals surface area contributed by atoms with Gasteiger partial charge in [0.05, 0.1) is 0 Å². The maximum Gasteiger partial charge on any atom is 0.268 e. The number of rotatable bonds is 9. The zero-order chi connectivity index (χ0) is 19.6. The van der Waals surface area contributed by atoms with Crippen LogP contribution in [0.3, 0.4) is 0 Å². The standard InChI is InChI=1S/C22H29N3O2/c1-4-24(5-2)15-8-14-23-22(27)20(25-16-7-6-9-21(25)26)17-19-12-10-18(3)11-13-19/h6-7,9-13,16-17H,4-5,8,14-15H2,1-3H3,(H,23,27)/b20-17+. The van der Waals surface area contributed by atoms with Crippen LogP contribution in [0.25, 0.3) is 11.8 Å². The Balaban J connectivity index is 2.17. The second-order valence-electron chi connectivity index (χ2n) is 6.49. The third-order valence-corrected chi connectivity index (χ3v) is 4.53. The maximum absolute atomic E-state index is 12.8. The molecule has 144 valence electrons. The molecule has 2 aromatic rings. The van der Waals surface area contributed by atoms with E-state index >= 15 is 0 Å². The van der Waals surface area contributed by atoms with Crippen LogP contribution in [0.1, 0.15) is 31.4 Å². The smallest absolute Gasteiger partial charge is 0.268 e. The fourth-order valence-electron chi connectivity index (χ4n) is 2.83. The molecule has 0 bridgehead atoms. The first-order valence-electron chi connectivity index (χ1n) is 9.52. The van der Waals surface area contributed by atoms with Gasteiger partial charge in [0.15, 0.2) is 0 Å². The molecular formula is C22H29N3O2. The minimum Gasteiger partial charge on any atom is -0.351 e. The molecule has 1 aromatic carbocycles. The molecular weight excluding hydrogens is 338 g/mol. The number of aromatic nitrogens is 1. The largest absolute Gasteiger partial charge is 0.351 e. The van der Waals surface area contributed by atoms with Crippen LogP contribution in [0.15, 0.2) is 53.5 Å². The Morgan fingerprint density at radius 1 is 1.11 bits per heavy atom. The van der Waals surface area contributed by atoms with Crippen molar-refractivity contribution in [1.29, 1.82) is 0 Å². The molecule has 0 saturated heterocycles. The summed E-state index contributed by atoms with van der Waals surface area (Å²) in [6, 6.07) is 12.7. The van der Waals surface area contributed by atoms with Gasteiger partial charge in [0, 0.05) is 18.8 Å². The maximum atomic E-state index is 12.8. The van der Waals surface area contributed by atoms with Gasteiger partial charge in [-0.15, -0.1) is 0 Å². The van der Waals surface area contributed by atoms with Crippen LogP contribution in [-0.4, -0.2) is 41.6 Å². The normalized spacial score (nSPS) is 11.6. The summed E-state index contributed by atoms with van der Waals surface area (Å²) in [5, 5.41) is 2.95. The predicted molar refractivity (Wildman–Crippen MR) is 111 cm³/mol. The SMILES string of the molecule is CCN(CC)CCCNC(=O)/C(=C\c1ccc(C)cc1)n1ccccc1=O. The van der Waals surface area contributed by atoms with Crippen molar-refractivity contribution in [2.75, 3.05) is 26.2 Å². The van der Waals surface area contributed by atoms with Crippen LogP contribution < -0.4 is 10.9 Å². The lowest BCUT2D eigenvalue weighted by Crippen LogP contribution is -2.33. The van der Waals surface area contributed by atoms with Crippen molar-refractivity contribution in [3.05, 3.63) is 70.1 Å². The van der Waals surface area contributed by atoms with Crippen molar-refractivity contribution in [3.63, 3.8) is 0 Å². The van der Waals surface area contributed by atoms with Crippen molar-refractivity contribution in [3.8, 4) is 0 Å². The number of aryl methyl sites for hydroxylation is 1. The Labute approximate surface area is 161 Å². The van der Waals surface area contributed by atoms with E-state index in [1.807, 2.05) is 31.2 Å². The van der Waals surface area contributed by atoms with Gasteiger partial charge < -0.3 is 10.2 Å². The topological polar surface area (TPSA) is 54.3 Å². The van der Waals surface area contributed by atoms with Crippen LogP contribution >= 0.6 is 0 Å². The number of pyridine rings is 1. The number of nitrogens with one attached hydrogen (secondary N) is 1. The van der Waals surface area contributed by atoms with E-state index in [1.165, 1.54) is 10.6 Å². The number of carbonyl (C=O) groups excluding carboxylic acids is 1. The van der Waals surface area contributed by atoms with Gasteiger partial charge in [-0.2, -0.15) is 0 Å². The van der Waals surface area contributed by atoms with Crippen molar-refractivity contribution < 1.29 is 4.79 Å². The van der Waals surface area contributed by atoms with Crippen LogP contribution in [0.2, 0.25) is 0 Å². The van der Waals surface area contributed by atoms with E-state index in [9.17, 15) is 9.59 Å². The Morgan fingerprint density at radius 3 is 2.44 bits per heavy atom. The predicted octanol–water partition coefficient (Wildman–Crippen LogP) is 3.00. The highest BCUT2D eigenvalue weighted by Crippen LogP contribution is 2.12. The monoisotopic (exact) mass is 367 g/mol. The van der Waals surface area contributed by atoms with E-state index in [2.05, 4.69) is 24.1 Å². The average molecular weight is 367 g/mol. The molecule has 0 unspecified atom stereocenters. The number of hydrogen-bond acceptors (Lipinski definition) is 3. The summed E-state index contributed by atoms with van der Waals surface area (Å²) in [5.74, 6) is -0.247. The van der Waals surface area contributed by atoms with Gasteiger partial charge in [0.2, 0.25) is 0 Å². The fraction of sp³-hybridized carbons (Fsp3) is 0.364. The first kappa shape index (κ1) is 20.6. The zero-order valence-electron chi connectivity index (χ0n) is 16.4. The van der Waals surface area contributed by atoms with Gasteiger partial charge in [-0.25, -0.2) is 0 Å². The Morgan fingerprint density at radius 2 is 1.81 bits per heavy atom. The second-order valence-corrected chi connectivity index (χ2v) is 6.49. The van der Waals surface area contributed by atoms with Gasteiger partial charge >= 0.3 is 0 Å². The number of benzene rings is 1. The van der Waals surface area contributed by atoms with E-state index in [0.717, 1.165) is 37.2 Å². The summed E-state index contributed by atoms with van der Waals surface area (Å²) >= 11 is 0. The molecule has 5 heteroatoms. The molecule has 2 rings (SSSR count). The third-order valence-electron chi connectivity index (χ3n) is 4.53. The molecule has 0 fully saturated rings. The second kappa shape index (κ2) is 10.5. The molecule has 0 aliphatic heterocycles. The lowest BCUT2D eigenvalue weighted by Gasteiger charge is -2.18. The minimum atomic E-state index is -0.247. The Bertz CT molecular complexity index is 818. The lowest BCUT2D eigenvalue weighted by atomic mass is 10.1. The van der Waals surface area contributed by atoms with Gasteiger partial charge in [0.1, 0.15) is 5.70 Å². The zero-order valence-corrected chi connectivity index (χ0v) is 16.4. The van der Waals surface area contributed by atoms with Crippen LogP contribution in [0, 0.1) is 6.92 Å². The van der Waals surface area contributed by atoms with E-state index in [4.69, 9.17) is 0 Å². The first-order valence-corrected chi connectivity index (χ1v) is 9.52. The average Bonchev–Trinajstić information content (AvgIpc) is 2.68. The van der Waals surface area contributed by atoms with Gasteiger partial charge in [0.25, 0.3) is 11.5 Å². The van der Waals surface area contributed by atoms with E-state index in [0.29, 0.717) is 12.2 Å². The van der Waals surface area contributed by atoms with Crippen molar-refractivity contribution >= 4 is 17.7 Å². The molecule has 0 saturated carbocycles. The summed E-state index contributed by atoms with van der Waals surface area (Å²) in [5.41, 5.74) is 2.12. The fourth-order valence-corrected chi connectivity index (χ4v) is 2.83. The highest BCUT2D eigenvalue weighted by atomic mass is 16.2. The molecule has 1 N–H and O–H groups in total. The molecule has 1 heterocycles. The first-order chi connectivity index (χ1) is 13.0. The van der Waals surface area contributed by atoms with Crippen molar-refractivity contribution in [2.45, 2.75) is 27.2 Å². The van der Waals surface area contributed by atoms with Crippen LogP contribution in [0.4, 0.5) is 0 Å². The highest BCUT2D eigenvalue weighted by molar-refractivity contribution is 6.18. The Hall–Kier alpha value is -2.66. The van der Waals surface area contributed by atoms with E-state index in [1.54, 1.807) is 24.4 Å². The number of nitrogens with zero attached hydrogens (tertiary/aromatic N) is 2. The quantitative estimate of drug-likeness (QED) is 0.548. The molecule has 0 aliphatic rings. The van der Waals surface area contributed by atoms with Crippen molar-refractivity contribution in [2.24, 2.45) is 0 Å². The molecule has 5 nitrogen and oxygen atoms in total. The van der Waals surface area contributed by atoms with Crippen LogP contribution in [-0.2, 0) is 4.79 Å². The number of hydrogen-bond donors (Lipinski definition) is 1. The number of amides is 1. The molecule has 0 spiro atoms. The highest BCUT2D eigenvalue weighted by Gasteiger charge is 2.13. The van der Waals surface area contributed by atoms with Gasteiger partial charge in [-0.3, -0.25) is 14.2 Å². The Kier molecular flexibility index (Phi) is 8.01. The molecule has 0 radical (unpaired) electrons. The molecule has 0 aliphatic carbocycles. The van der Waals surface area contributed by atoms with Gasteiger partial charge in [-0.1, -0.05) is 49.7 Å². The number of carbonyl (C=O) groups is 1. The molecule has 1 aromatic heterocycles. The van der Waals surface area contributed by atoms with E-state index < -0.39 is 0 Å². The lowest BCUT2D eigenvalue weighted by molar-refractivity contribution is -0.115. The molecule has 0 atom stereocenters. The summed E-state index contributed by atoms with van der Waals surface area (Å²) in [6.07, 6.45) is 4.24. The molecule has 27 heavy (non-hydrogen) atoms. The summed E-state index contributed by atoms with van der Waals surface area (Å²) in [7, 11) is 0. The minimum absolute atomic E-state index is 0.228. The van der Waals surface area contributed by atoms with Crippen molar-refractivity contribution in [1.82, 2.24) is 14.8 Å². The van der Waals surface area contributed by atoms with Crippen LogP contribution in [0.5, 0.6) is 0 Å². The summed E-state index contributed by atoms with van der Waals surface area (Å²) < 4.78 is 1.39. The van der Waals surface area contributed by atoms with Gasteiger partial charge in [-0.05, 0) is 50.7 Å². The summed E-state index contributed by atoms with van der Waals surface area (Å²) in [4.78, 5) is 27.4. The molecule has 1 amide bonds. The third kappa shape index (κ3) is 6.22.